The van der Waals surface area contributed by atoms with Crippen molar-refractivity contribution >= 4 is 11.6 Å². The minimum Gasteiger partial charge on any atom is -0.473 e. The van der Waals surface area contributed by atoms with Gasteiger partial charge >= 0.3 is 0 Å². The number of rotatable bonds is 4. The van der Waals surface area contributed by atoms with Gasteiger partial charge in [0.15, 0.2) is 5.88 Å². The number of pyridine rings is 1. The fraction of sp³-hybridized carbons (Fsp3) is 0.125. The Bertz CT molecular complexity index is 885. The minimum atomic E-state index is -0.700. The van der Waals surface area contributed by atoms with Crippen molar-refractivity contribution in [2.75, 3.05) is 0 Å². The highest BCUT2D eigenvalue weighted by atomic mass is 19.1. The molecule has 0 aliphatic heterocycles. The molecule has 5 nitrogen and oxygen atoms in total. The fourth-order valence-corrected chi connectivity index (χ4v) is 2.39. The van der Waals surface area contributed by atoms with Gasteiger partial charge in [-0.25, -0.2) is 13.8 Å². The molecule has 1 amide bonds. The van der Waals surface area contributed by atoms with Crippen molar-refractivity contribution in [3.63, 3.8) is 0 Å². The predicted molar refractivity (Wildman–Crippen MR) is 79.1 cm³/mol. The number of primary amides is 1. The Hall–Kier alpha value is -2.96. The third-order valence-electron chi connectivity index (χ3n) is 3.44. The van der Waals surface area contributed by atoms with E-state index in [0.717, 1.165) is 12.1 Å². The van der Waals surface area contributed by atoms with Crippen LogP contribution in [-0.2, 0) is 6.61 Å². The number of aryl methyl sites for hydroxylation is 1. The van der Waals surface area contributed by atoms with Crippen LogP contribution in [0.4, 0.5) is 8.78 Å². The summed E-state index contributed by atoms with van der Waals surface area (Å²) in [7, 11) is 0. The Kier molecular flexibility index (Phi) is 3.69. The molecule has 7 heteroatoms. The second-order valence-electron chi connectivity index (χ2n) is 4.96. The smallest absolute Gasteiger partial charge is 0.267 e. The highest BCUT2D eigenvalue weighted by molar-refractivity contribution is 5.93. The number of nitrogens with two attached hydrogens (primary N) is 1. The van der Waals surface area contributed by atoms with Crippen molar-refractivity contribution in [1.82, 2.24) is 9.38 Å². The van der Waals surface area contributed by atoms with Crippen LogP contribution >= 0.6 is 0 Å². The van der Waals surface area contributed by atoms with Gasteiger partial charge in [0.1, 0.15) is 29.6 Å². The third-order valence-corrected chi connectivity index (χ3v) is 3.44. The molecule has 0 fully saturated rings. The number of hydrogen-bond donors (Lipinski definition) is 1. The molecular weight excluding hydrogens is 304 g/mol. The van der Waals surface area contributed by atoms with Gasteiger partial charge in [0.2, 0.25) is 0 Å². The van der Waals surface area contributed by atoms with Crippen LogP contribution in [0.15, 0.2) is 36.4 Å². The molecule has 2 heterocycles. The topological polar surface area (TPSA) is 69.6 Å². The number of carbonyl (C=O) groups is 1. The Labute approximate surface area is 130 Å². The largest absolute Gasteiger partial charge is 0.473 e. The van der Waals surface area contributed by atoms with Gasteiger partial charge in [0, 0.05) is 0 Å². The van der Waals surface area contributed by atoms with E-state index in [4.69, 9.17) is 10.5 Å². The molecule has 2 aromatic heterocycles. The van der Waals surface area contributed by atoms with Gasteiger partial charge in [-0.3, -0.25) is 9.20 Å². The van der Waals surface area contributed by atoms with Crippen LogP contribution in [0.3, 0.4) is 0 Å². The van der Waals surface area contributed by atoms with E-state index in [2.05, 4.69) is 4.98 Å². The number of amides is 1. The summed E-state index contributed by atoms with van der Waals surface area (Å²) in [5.41, 5.74) is 6.26. The quantitative estimate of drug-likeness (QED) is 0.804. The summed E-state index contributed by atoms with van der Waals surface area (Å²) in [6.45, 7) is 1.32. The molecule has 23 heavy (non-hydrogen) atoms. The summed E-state index contributed by atoms with van der Waals surface area (Å²) in [6, 6.07) is 8.49. The van der Waals surface area contributed by atoms with Crippen LogP contribution in [0.5, 0.6) is 5.88 Å². The van der Waals surface area contributed by atoms with Crippen molar-refractivity contribution in [3.8, 4) is 5.88 Å². The highest BCUT2D eigenvalue weighted by Crippen LogP contribution is 2.22. The number of imidazole rings is 1. The number of ether oxygens (including phenoxy) is 1. The summed E-state index contributed by atoms with van der Waals surface area (Å²) < 4.78 is 34.3. The summed E-state index contributed by atoms with van der Waals surface area (Å²) in [5.74, 6) is -1.84. The molecule has 1 aromatic carbocycles. The summed E-state index contributed by atoms with van der Waals surface area (Å²) >= 11 is 0. The van der Waals surface area contributed by atoms with Crippen LogP contribution < -0.4 is 10.5 Å². The van der Waals surface area contributed by atoms with Crippen LogP contribution in [0.25, 0.3) is 5.65 Å². The molecule has 0 radical (unpaired) electrons. The first-order valence-corrected chi connectivity index (χ1v) is 6.82. The molecule has 0 saturated heterocycles. The van der Waals surface area contributed by atoms with Gasteiger partial charge in [0.25, 0.3) is 5.91 Å². The average Bonchev–Trinajstić information content (AvgIpc) is 2.83. The van der Waals surface area contributed by atoms with E-state index >= 15 is 0 Å². The molecule has 3 rings (SSSR count). The van der Waals surface area contributed by atoms with Crippen LogP contribution in [0.1, 0.15) is 21.7 Å². The maximum atomic E-state index is 13.7. The summed E-state index contributed by atoms with van der Waals surface area (Å²) in [5, 5.41) is 0. The van der Waals surface area contributed by atoms with Gasteiger partial charge < -0.3 is 10.5 Å². The molecule has 0 spiro atoms. The molecule has 118 valence electrons. The van der Waals surface area contributed by atoms with Crippen molar-refractivity contribution < 1.29 is 18.3 Å². The first-order chi connectivity index (χ1) is 11.0. The molecule has 0 aliphatic carbocycles. The number of benzene rings is 1. The van der Waals surface area contributed by atoms with Crippen LogP contribution in [0, 0.1) is 18.6 Å². The normalized spacial score (nSPS) is 10.9. The number of aromatic nitrogens is 2. The second kappa shape index (κ2) is 5.68. The number of hydrogen-bond acceptors (Lipinski definition) is 3. The zero-order valence-electron chi connectivity index (χ0n) is 12.2. The standard InChI is InChI=1S/C16H13F2N3O2/c1-9-15(16(19)22)21-13(20-9)6-3-7-14(21)23-8-10-11(17)4-2-5-12(10)18/h2-7H,8H2,1H3,(H2,19,22). The van der Waals surface area contributed by atoms with Gasteiger partial charge in [0.05, 0.1) is 11.3 Å². The van der Waals surface area contributed by atoms with E-state index in [1.54, 1.807) is 25.1 Å². The van der Waals surface area contributed by atoms with E-state index in [1.807, 2.05) is 0 Å². The van der Waals surface area contributed by atoms with Crippen LogP contribution in [0.2, 0.25) is 0 Å². The number of carbonyl (C=O) groups excluding carboxylic acids is 1. The third kappa shape index (κ3) is 2.61. The molecule has 0 aliphatic rings. The molecule has 0 atom stereocenters. The molecule has 0 unspecified atom stereocenters. The lowest BCUT2D eigenvalue weighted by Crippen LogP contribution is -2.16. The number of nitrogens with zero attached hydrogens (tertiary/aromatic N) is 2. The molecule has 0 saturated carbocycles. The summed E-state index contributed by atoms with van der Waals surface area (Å²) in [4.78, 5) is 15.8. The number of halogens is 2. The first kappa shape index (κ1) is 15.0. The highest BCUT2D eigenvalue weighted by Gasteiger charge is 2.17. The lowest BCUT2D eigenvalue weighted by atomic mass is 10.2. The summed E-state index contributed by atoms with van der Waals surface area (Å²) in [6.07, 6.45) is 0. The van der Waals surface area contributed by atoms with E-state index in [-0.39, 0.29) is 23.7 Å². The Morgan fingerprint density at radius 3 is 2.52 bits per heavy atom. The monoisotopic (exact) mass is 317 g/mol. The van der Waals surface area contributed by atoms with Gasteiger partial charge in [-0.15, -0.1) is 0 Å². The SMILES string of the molecule is Cc1nc2cccc(OCc3c(F)cccc3F)n2c1C(N)=O. The number of fused-ring (bicyclic) bond motifs is 1. The lowest BCUT2D eigenvalue weighted by molar-refractivity contribution is 0.0992. The molecule has 2 N–H and O–H groups in total. The van der Waals surface area contributed by atoms with Crippen molar-refractivity contribution in [3.05, 3.63) is 65.0 Å². The lowest BCUT2D eigenvalue weighted by Gasteiger charge is -2.11. The van der Waals surface area contributed by atoms with Crippen molar-refractivity contribution in [2.45, 2.75) is 13.5 Å². The van der Waals surface area contributed by atoms with Gasteiger partial charge in [-0.2, -0.15) is 0 Å². The maximum Gasteiger partial charge on any atom is 0.267 e. The van der Waals surface area contributed by atoms with Crippen molar-refractivity contribution in [2.24, 2.45) is 5.73 Å². The molecule has 0 bridgehead atoms. The molecular formula is C16H13F2N3O2. The van der Waals surface area contributed by atoms with E-state index in [1.165, 1.54) is 10.5 Å². The minimum absolute atomic E-state index is 0.171. The van der Waals surface area contributed by atoms with Gasteiger partial charge in [-0.1, -0.05) is 12.1 Å². The zero-order valence-corrected chi connectivity index (χ0v) is 12.2. The second-order valence-corrected chi connectivity index (χ2v) is 4.96. The Balaban J connectivity index is 2.02. The van der Waals surface area contributed by atoms with E-state index in [9.17, 15) is 13.6 Å². The van der Waals surface area contributed by atoms with Crippen molar-refractivity contribution in [1.29, 1.82) is 0 Å². The Morgan fingerprint density at radius 1 is 1.22 bits per heavy atom. The maximum absolute atomic E-state index is 13.7. The van der Waals surface area contributed by atoms with E-state index in [0.29, 0.717) is 11.3 Å². The zero-order chi connectivity index (χ0) is 16.6. The predicted octanol–water partition coefficient (Wildman–Crippen LogP) is 2.60. The van der Waals surface area contributed by atoms with Gasteiger partial charge in [-0.05, 0) is 31.2 Å². The first-order valence-electron chi connectivity index (χ1n) is 6.82. The Morgan fingerprint density at radius 2 is 1.87 bits per heavy atom. The average molecular weight is 317 g/mol. The molecule has 3 aromatic rings. The fourth-order valence-electron chi connectivity index (χ4n) is 2.39. The van der Waals surface area contributed by atoms with E-state index < -0.39 is 17.5 Å². The van der Waals surface area contributed by atoms with Crippen LogP contribution in [-0.4, -0.2) is 15.3 Å².